The summed E-state index contributed by atoms with van der Waals surface area (Å²) in [4.78, 5) is 2.76. The molecule has 2 aliphatic rings. The maximum absolute atomic E-state index is 6.03. The highest BCUT2D eigenvalue weighted by Gasteiger charge is 2.40. The van der Waals surface area contributed by atoms with Crippen LogP contribution in [-0.4, -0.2) is 29.6 Å². The van der Waals surface area contributed by atoms with E-state index in [1.54, 1.807) is 0 Å². The summed E-state index contributed by atoms with van der Waals surface area (Å²) in [6.45, 7) is 6.75. The van der Waals surface area contributed by atoms with Crippen LogP contribution in [-0.2, 0) is 0 Å². The van der Waals surface area contributed by atoms with Gasteiger partial charge >= 0.3 is 0 Å². The summed E-state index contributed by atoms with van der Waals surface area (Å²) < 4.78 is 0. The predicted octanol–water partition coefficient (Wildman–Crippen LogP) is 2.77. The van der Waals surface area contributed by atoms with E-state index < -0.39 is 0 Å². The topological polar surface area (TPSA) is 29.3 Å². The van der Waals surface area contributed by atoms with Gasteiger partial charge in [0, 0.05) is 18.1 Å². The van der Waals surface area contributed by atoms with Crippen LogP contribution in [0.3, 0.4) is 0 Å². The number of hydrogen-bond acceptors (Lipinski definition) is 2. The van der Waals surface area contributed by atoms with Gasteiger partial charge in [-0.2, -0.15) is 0 Å². The Kier molecular flexibility index (Phi) is 3.91. The Labute approximate surface area is 101 Å². The van der Waals surface area contributed by atoms with Crippen molar-refractivity contribution in [3.05, 3.63) is 0 Å². The molecule has 2 N–H and O–H groups in total. The highest BCUT2D eigenvalue weighted by Crippen LogP contribution is 2.39. The van der Waals surface area contributed by atoms with Crippen molar-refractivity contribution in [3.63, 3.8) is 0 Å². The summed E-state index contributed by atoms with van der Waals surface area (Å²) >= 11 is 0. The molecule has 94 valence electrons. The lowest BCUT2D eigenvalue weighted by Crippen LogP contribution is -2.60. The lowest BCUT2D eigenvalue weighted by molar-refractivity contribution is -0.0190. The molecule has 1 saturated heterocycles. The van der Waals surface area contributed by atoms with Crippen LogP contribution in [0.5, 0.6) is 0 Å². The number of nitrogens with two attached hydrogens (primary N) is 1. The Balaban J connectivity index is 2.12. The van der Waals surface area contributed by atoms with Gasteiger partial charge in [-0.15, -0.1) is 0 Å². The molecule has 1 aliphatic heterocycles. The zero-order valence-electron chi connectivity index (χ0n) is 11.0. The summed E-state index contributed by atoms with van der Waals surface area (Å²) in [5.41, 5.74) is 6.28. The first-order chi connectivity index (χ1) is 7.71. The zero-order valence-corrected chi connectivity index (χ0v) is 11.0. The molecule has 2 heteroatoms. The van der Waals surface area contributed by atoms with Gasteiger partial charge in [-0.05, 0) is 51.5 Å². The molecule has 0 radical (unpaired) electrons. The van der Waals surface area contributed by atoms with Crippen molar-refractivity contribution < 1.29 is 0 Å². The Bertz CT molecular complexity index is 221. The van der Waals surface area contributed by atoms with Crippen molar-refractivity contribution in [1.29, 1.82) is 0 Å². The smallest absolute Gasteiger partial charge is 0.0304 e. The first-order valence-electron chi connectivity index (χ1n) is 7.18. The van der Waals surface area contributed by atoms with Crippen LogP contribution in [0.2, 0.25) is 0 Å². The molecular weight excluding hydrogens is 196 g/mol. The van der Waals surface area contributed by atoms with E-state index in [0.717, 1.165) is 18.5 Å². The Morgan fingerprint density at radius 2 is 1.88 bits per heavy atom. The standard InChI is InChI=1S/C14H28N2/c1-3-14(2,11-15)16-10-6-8-12-7-4-5-9-13(12)16/h12-13H,3-11,15H2,1-2H3. The van der Waals surface area contributed by atoms with Gasteiger partial charge in [0.25, 0.3) is 0 Å². The second-order valence-corrected chi connectivity index (χ2v) is 6.00. The molecule has 1 heterocycles. The van der Waals surface area contributed by atoms with Crippen LogP contribution >= 0.6 is 0 Å². The Morgan fingerprint density at radius 3 is 2.56 bits per heavy atom. The monoisotopic (exact) mass is 224 g/mol. The van der Waals surface area contributed by atoms with Gasteiger partial charge in [0.15, 0.2) is 0 Å². The van der Waals surface area contributed by atoms with Crippen LogP contribution in [0.15, 0.2) is 0 Å². The van der Waals surface area contributed by atoms with E-state index >= 15 is 0 Å². The van der Waals surface area contributed by atoms with Gasteiger partial charge in [0.2, 0.25) is 0 Å². The van der Waals surface area contributed by atoms with Crippen LogP contribution in [0.25, 0.3) is 0 Å². The minimum Gasteiger partial charge on any atom is -0.329 e. The van der Waals surface area contributed by atoms with Crippen LogP contribution in [0.1, 0.15) is 58.8 Å². The normalized spacial score (nSPS) is 35.4. The third kappa shape index (κ3) is 2.14. The summed E-state index contributed by atoms with van der Waals surface area (Å²) in [5.74, 6) is 0.972. The molecule has 3 atom stereocenters. The first-order valence-corrected chi connectivity index (χ1v) is 7.18. The fourth-order valence-electron chi connectivity index (χ4n) is 3.76. The summed E-state index contributed by atoms with van der Waals surface area (Å²) in [6.07, 6.45) is 9.81. The van der Waals surface area contributed by atoms with Gasteiger partial charge in [-0.1, -0.05) is 19.8 Å². The molecular formula is C14H28N2. The number of piperidine rings is 1. The molecule has 3 unspecified atom stereocenters. The molecule has 1 aliphatic carbocycles. The lowest BCUT2D eigenvalue weighted by atomic mass is 9.76. The molecule has 16 heavy (non-hydrogen) atoms. The van der Waals surface area contributed by atoms with Crippen LogP contribution in [0.4, 0.5) is 0 Å². The SMILES string of the molecule is CCC(C)(CN)N1CCCC2CCCCC21. The van der Waals surface area contributed by atoms with Crippen molar-refractivity contribution >= 4 is 0 Å². The van der Waals surface area contributed by atoms with Gasteiger partial charge in [0.05, 0.1) is 0 Å². The third-order valence-corrected chi connectivity index (χ3v) is 5.14. The minimum absolute atomic E-state index is 0.251. The Hall–Kier alpha value is -0.0800. The summed E-state index contributed by atoms with van der Waals surface area (Å²) in [5, 5.41) is 0. The molecule has 0 aromatic rings. The van der Waals surface area contributed by atoms with E-state index in [2.05, 4.69) is 18.7 Å². The molecule has 0 spiro atoms. The average Bonchev–Trinajstić information content (AvgIpc) is 2.37. The quantitative estimate of drug-likeness (QED) is 0.798. The van der Waals surface area contributed by atoms with Crippen molar-refractivity contribution in [1.82, 2.24) is 4.90 Å². The molecule has 2 rings (SSSR count). The van der Waals surface area contributed by atoms with Gasteiger partial charge in [0.1, 0.15) is 0 Å². The number of likely N-dealkylation sites (tertiary alicyclic amines) is 1. The lowest BCUT2D eigenvalue weighted by Gasteiger charge is -2.52. The Morgan fingerprint density at radius 1 is 1.19 bits per heavy atom. The first kappa shape index (κ1) is 12.4. The molecule has 0 aromatic heterocycles. The fraction of sp³-hybridized carbons (Fsp3) is 1.00. The van der Waals surface area contributed by atoms with Crippen molar-refractivity contribution in [3.8, 4) is 0 Å². The fourth-order valence-corrected chi connectivity index (χ4v) is 3.76. The number of rotatable bonds is 3. The highest BCUT2D eigenvalue weighted by molar-refractivity contribution is 4.96. The maximum Gasteiger partial charge on any atom is 0.0304 e. The van der Waals surface area contributed by atoms with Gasteiger partial charge in [-0.3, -0.25) is 4.90 Å². The molecule has 0 amide bonds. The van der Waals surface area contributed by atoms with E-state index in [4.69, 9.17) is 5.73 Å². The molecule has 1 saturated carbocycles. The second kappa shape index (κ2) is 5.05. The molecule has 0 aromatic carbocycles. The minimum atomic E-state index is 0.251. The molecule has 0 bridgehead atoms. The maximum atomic E-state index is 6.03. The van der Waals surface area contributed by atoms with Gasteiger partial charge < -0.3 is 5.73 Å². The summed E-state index contributed by atoms with van der Waals surface area (Å²) in [7, 11) is 0. The average molecular weight is 224 g/mol. The van der Waals surface area contributed by atoms with E-state index in [9.17, 15) is 0 Å². The predicted molar refractivity (Wildman–Crippen MR) is 69.4 cm³/mol. The molecule has 2 fully saturated rings. The number of fused-ring (bicyclic) bond motifs is 1. The van der Waals surface area contributed by atoms with E-state index in [-0.39, 0.29) is 5.54 Å². The zero-order chi connectivity index (χ0) is 11.6. The largest absolute Gasteiger partial charge is 0.329 e. The van der Waals surface area contributed by atoms with Crippen molar-refractivity contribution in [2.45, 2.75) is 70.4 Å². The van der Waals surface area contributed by atoms with Crippen molar-refractivity contribution in [2.75, 3.05) is 13.1 Å². The van der Waals surface area contributed by atoms with E-state index in [1.165, 1.54) is 51.5 Å². The molecule has 2 nitrogen and oxygen atoms in total. The van der Waals surface area contributed by atoms with E-state index in [1.807, 2.05) is 0 Å². The van der Waals surface area contributed by atoms with Crippen LogP contribution in [0, 0.1) is 5.92 Å². The second-order valence-electron chi connectivity index (χ2n) is 6.00. The van der Waals surface area contributed by atoms with E-state index in [0.29, 0.717) is 0 Å². The number of nitrogens with zero attached hydrogens (tertiary/aromatic N) is 1. The third-order valence-electron chi connectivity index (χ3n) is 5.14. The number of hydrogen-bond donors (Lipinski definition) is 1. The summed E-state index contributed by atoms with van der Waals surface area (Å²) in [6, 6.07) is 0.844. The van der Waals surface area contributed by atoms with Gasteiger partial charge in [-0.25, -0.2) is 0 Å². The highest BCUT2D eigenvalue weighted by atomic mass is 15.2. The van der Waals surface area contributed by atoms with Crippen LogP contribution < -0.4 is 5.73 Å². The van der Waals surface area contributed by atoms with Crippen molar-refractivity contribution in [2.24, 2.45) is 11.7 Å².